The van der Waals surface area contributed by atoms with Gasteiger partial charge in [0.1, 0.15) is 6.29 Å². The molecule has 0 aliphatic rings. The Kier molecular flexibility index (Phi) is 17.7. The molecule has 0 rings (SSSR count). The Morgan fingerprint density at radius 3 is 2.38 bits per heavy atom. The van der Waals surface area contributed by atoms with Crippen molar-refractivity contribution in [1.82, 2.24) is 0 Å². The van der Waals surface area contributed by atoms with Gasteiger partial charge >= 0.3 is 51.4 Å². The minimum absolute atomic E-state index is 0. The van der Waals surface area contributed by atoms with E-state index in [2.05, 4.69) is 12.6 Å². The molecule has 0 saturated carbocycles. The van der Waals surface area contributed by atoms with Crippen LogP contribution in [0, 0.1) is 0 Å². The van der Waals surface area contributed by atoms with Crippen LogP contribution in [0.15, 0.2) is 0 Å². The van der Waals surface area contributed by atoms with Crippen molar-refractivity contribution in [2.75, 3.05) is 5.75 Å². The van der Waals surface area contributed by atoms with Crippen LogP contribution in [-0.4, -0.2) is 63.4 Å². The molecule has 8 heavy (non-hydrogen) atoms. The van der Waals surface area contributed by atoms with Gasteiger partial charge in [0.05, 0.1) is 0 Å². The van der Waals surface area contributed by atoms with E-state index in [4.69, 9.17) is 0 Å². The van der Waals surface area contributed by atoms with E-state index in [1.807, 2.05) is 0 Å². The third-order valence-corrected chi connectivity index (χ3v) is 1.05. The zero-order chi connectivity index (χ0) is 5.54. The van der Waals surface area contributed by atoms with Gasteiger partial charge in [-0.2, -0.15) is 12.6 Å². The van der Waals surface area contributed by atoms with Crippen LogP contribution < -0.4 is 0 Å². The van der Waals surface area contributed by atoms with Gasteiger partial charge in [0.2, 0.25) is 0 Å². The number of aldehydes is 1. The molecular weight excluding hydrogens is 147 g/mol. The van der Waals surface area contributed by atoms with E-state index in [-0.39, 0.29) is 51.4 Å². The molecule has 0 aromatic rings. The number of rotatable bonds is 4. The van der Waals surface area contributed by atoms with Gasteiger partial charge in [-0.1, -0.05) is 0 Å². The molecule has 0 amide bonds. The summed E-state index contributed by atoms with van der Waals surface area (Å²) in [4.78, 5) is 9.65. The zero-order valence-corrected chi connectivity index (χ0v) is 5.16. The number of carbonyl (C=O) groups is 1. The molecule has 0 radical (unpaired) electrons. The fourth-order valence-corrected chi connectivity index (χ4v) is 0.563. The Morgan fingerprint density at radius 2 is 2.00 bits per heavy atom. The van der Waals surface area contributed by atoms with Crippen LogP contribution in [0.1, 0.15) is 19.3 Å². The van der Waals surface area contributed by atoms with Crippen LogP contribution in [0.4, 0.5) is 0 Å². The van der Waals surface area contributed by atoms with Gasteiger partial charge in [0, 0.05) is 6.42 Å². The van der Waals surface area contributed by atoms with E-state index in [1.54, 1.807) is 0 Å². The fourth-order valence-electron chi connectivity index (χ4n) is 0.339. The quantitative estimate of drug-likeness (QED) is 0.275. The van der Waals surface area contributed by atoms with E-state index in [0.29, 0.717) is 6.42 Å². The third kappa shape index (κ3) is 10.6. The molecule has 0 atom stereocenters. The second-order valence-corrected chi connectivity index (χ2v) is 1.83. The normalized spacial score (nSPS) is 7.62. The molecule has 0 bridgehead atoms. The van der Waals surface area contributed by atoms with Crippen LogP contribution >= 0.6 is 12.6 Å². The summed E-state index contributed by atoms with van der Waals surface area (Å²) in [6.45, 7) is 0. The first-order valence-corrected chi connectivity index (χ1v) is 3.09. The van der Waals surface area contributed by atoms with Crippen molar-refractivity contribution in [3.05, 3.63) is 0 Å². The van der Waals surface area contributed by atoms with Crippen molar-refractivity contribution in [3.63, 3.8) is 0 Å². The van der Waals surface area contributed by atoms with Gasteiger partial charge in [-0.25, -0.2) is 0 Å². The predicted octanol–water partition coefficient (Wildman–Crippen LogP) is 0.637. The summed E-state index contributed by atoms with van der Waals surface area (Å²) in [5.74, 6) is 0.897. The fraction of sp³-hybridized carbons (Fsp3) is 0.800. The molecular formula is C5H11KOS. The van der Waals surface area contributed by atoms with Crippen molar-refractivity contribution in [1.29, 1.82) is 0 Å². The number of unbranched alkanes of at least 4 members (excludes halogenated alkanes) is 2. The average molecular weight is 158 g/mol. The summed E-state index contributed by atoms with van der Waals surface area (Å²) in [7, 11) is 0. The van der Waals surface area contributed by atoms with Crippen LogP contribution in [0.25, 0.3) is 0 Å². The van der Waals surface area contributed by atoms with Gasteiger partial charge in [-0.15, -0.1) is 0 Å². The summed E-state index contributed by atoms with van der Waals surface area (Å²) in [5.41, 5.74) is 0. The first kappa shape index (κ1) is 12.3. The Morgan fingerprint density at radius 1 is 1.38 bits per heavy atom. The first-order valence-electron chi connectivity index (χ1n) is 2.46. The summed E-state index contributed by atoms with van der Waals surface area (Å²) in [6.07, 6.45) is 3.69. The molecule has 1 nitrogen and oxygen atoms in total. The Hall–Kier alpha value is 1.66. The van der Waals surface area contributed by atoms with Gasteiger partial charge in [0.15, 0.2) is 0 Å². The maximum atomic E-state index is 9.65. The summed E-state index contributed by atoms with van der Waals surface area (Å²) < 4.78 is 0. The van der Waals surface area contributed by atoms with Crippen molar-refractivity contribution < 1.29 is 4.79 Å². The second kappa shape index (κ2) is 11.5. The molecule has 3 heteroatoms. The van der Waals surface area contributed by atoms with Crippen LogP contribution in [0.2, 0.25) is 0 Å². The van der Waals surface area contributed by atoms with E-state index >= 15 is 0 Å². The second-order valence-electron chi connectivity index (χ2n) is 1.39. The minimum atomic E-state index is 0. The van der Waals surface area contributed by atoms with Crippen molar-refractivity contribution in [2.24, 2.45) is 0 Å². The third-order valence-electron chi connectivity index (χ3n) is 0.730. The van der Waals surface area contributed by atoms with E-state index in [1.165, 1.54) is 0 Å². The number of hydrogen-bond donors (Lipinski definition) is 1. The van der Waals surface area contributed by atoms with E-state index < -0.39 is 0 Å². The van der Waals surface area contributed by atoms with Crippen molar-refractivity contribution in [3.8, 4) is 0 Å². The predicted molar refractivity (Wildman–Crippen MR) is 40.9 cm³/mol. The first-order chi connectivity index (χ1) is 3.41. The van der Waals surface area contributed by atoms with Gasteiger partial charge in [0.25, 0.3) is 0 Å². The monoisotopic (exact) mass is 158 g/mol. The molecule has 0 spiro atoms. The molecule has 0 fully saturated rings. The Labute approximate surface area is 98.4 Å². The number of hydrogen-bond acceptors (Lipinski definition) is 2. The number of thiol groups is 1. The van der Waals surface area contributed by atoms with Crippen molar-refractivity contribution in [2.45, 2.75) is 19.3 Å². The van der Waals surface area contributed by atoms with Crippen LogP contribution in [-0.2, 0) is 4.79 Å². The van der Waals surface area contributed by atoms with Crippen LogP contribution in [0.3, 0.4) is 0 Å². The molecule has 0 unspecified atom stereocenters. The molecule has 0 heterocycles. The van der Waals surface area contributed by atoms with Gasteiger partial charge in [-0.05, 0) is 18.6 Å². The van der Waals surface area contributed by atoms with E-state index in [9.17, 15) is 4.79 Å². The molecule has 44 valence electrons. The Bertz CT molecular complexity index is 49.7. The van der Waals surface area contributed by atoms with Gasteiger partial charge in [-0.3, -0.25) is 0 Å². The van der Waals surface area contributed by atoms with Crippen molar-refractivity contribution >= 4 is 70.3 Å². The molecule has 0 saturated heterocycles. The average Bonchev–Trinajstić information content (AvgIpc) is 1.69. The molecule has 0 N–H and O–H groups in total. The molecule has 0 aromatic heterocycles. The topological polar surface area (TPSA) is 17.1 Å². The van der Waals surface area contributed by atoms with Gasteiger partial charge < -0.3 is 4.79 Å². The SMILES string of the molecule is O=CCCCCS.[KH]. The van der Waals surface area contributed by atoms with Crippen LogP contribution in [0.5, 0.6) is 0 Å². The summed E-state index contributed by atoms with van der Waals surface area (Å²) >= 11 is 3.98. The molecule has 0 aliphatic heterocycles. The Balaban J connectivity index is 0. The standard InChI is InChI=1S/C5H10OS.K.H/c6-4-2-1-3-5-7;;/h4,7H,1-3,5H2;;. The van der Waals surface area contributed by atoms with E-state index in [0.717, 1.165) is 24.9 Å². The molecule has 0 aromatic carbocycles. The maximum absolute atomic E-state index is 9.65. The summed E-state index contributed by atoms with van der Waals surface area (Å²) in [6, 6.07) is 0. The molecule has 0 aliphatic carbocycles. The summed E-state index contributed by atoms with van der Waals surface area (Å²) in [5, 5.41) is 0. The number of carbonyl (C=O) groups excluding carboxylic acids is 1. The zero-order valence-electron chi connectivity index (χ0n) is 4.26.